The number of hydrogen-bond acceptors (Lipinski definition) is 5. The summed E-state index contributed by atoms with van der Waals surface area (Å²) in [4.78, 5) is 11.4. The Hall–Kier alpha value is -1.27. The van der Waals surface area contributed by atoms with Gasteiger partial charge in [-0.05, 0) is 35.0 Å². The van der Waals surface area contributed by atoms with Crippen LogP contribution in [-0.2, 0) is 9.53 Å². The lowest BCUT2D eigenvalue weighted by Crippen LogP contribution is -2.15. The molecular weight excluding hydrogens is 292 g/mol. The lowest BCUT2D eigenvalue weighted by Gasteiger charge is -2.13. The highest BCUT2D eigenvalue weighted by Crippen LogP contribution is 2.36. The fourth-order valence-electron chi connectivity index (χ4n) is 1.27. The molecule has 1 rings (SSSR count). The van der Waals surface area contributed by atoms with Gasteiger partial charge in [0.1, 0.15) is 11.5 Å². The molecule has 1 unspecified atom stereocenters. The number of carbonyl (C=O) groups excluding carboxylic acids is 1. The molecule has 17 heavy (non-hydrogen) atoms. The maximum atomic E-state index is 11.4. The lowest BCUT2D eigenvalue weighted by molar-refractivity contribution is -0.153. The maximum Gasteiger partial charge on any atom is 0.339 e. The van der Waals surface area contributed by atoms with E-state index >= 15 is 0 Å². The first-order valence-corrected chi connectivity index (χ1v) is 5.71. The minimum atomic E-state index is -1.54. The Balaban J connectivity index is 3.11. The van der Waals surface area contributed by atoms with Gasteiger partial charge in [-0.1, -0.05) is 0 Å². The Morgan fingerprint density at radius 1 is 1.53 bits per heavy atom. The molecule has 5 nitrogen and oxygen atoms in total. The van der Waals surface area contributed by atoms with Crippen molar-refractivity contribution in [3.05, 3.63) is 22.2 Å². The number of rotatable bonds is 4. The largest absolute Gasteiger partial charge is 0.506 e. The van der Waals surface area contributed by atoms with Gasteiger partial charge in [-0.25, -0.2) is 4.79 Å². The second-order valence-corrected chi connectivity index (χ2v) is 4.06. The smallest absolute Gasteiger partial charge is 0.339 e. The summed E-state index contributed by atoms with van der Waals surface area (Å²) in [6, 6.07) is 2.90. The molecule has 0 saturated heterocycles. The van der Waals surface area contributed by atoms with Gasteiger partial charge in [-0.3, -0.25) is 0 Å². The standard InChI is InChI=1S/C11H13BrO5/c1-3-17-11(15)10(14)7-4-6(16-2)5-8(12)9(7)13/h4-5,10,13-14H,3H2,1-2H3. The third-order valence-electron chi connectivity index (χ3n) is 2.11. The molecule has 2 N–H and O–H groups in total. The highest BCUT2D eigenvalue weighted by molar-refractivity contribution is 9.10. The van der Waals surface area contributed by atoms with Gasteiger partial charge in [-0.15, -0.1) is 0 Å². The molecule has 0 fully saturated rings. The summed E-state index contributed by atoms with van der Waals surface area (Å²) in [6.45, 7) is 1.79. The topological polar surface area (TPSA) is 76.0 Å². The molecule has 0 amide bonds. The van der Waals surface area contributed by atoms with Crippen molar-refractivity contribution in [2.75, 3.05) is 13.7 Å². The van der Waals surface area contributed by atoms with Crippen LogP contribution in [0.15, 0.2) is 16.6 Å². The number of aromatic hydroxyl groups is 1. The van der Waals surface area contributed by atoms with Crippen LogP contribution in [0.5, 0.6) is 11.5 Å². The number of aliphatic hydroxyl groups excluding tert-OH is 1. The number of hydrogen-bond donors (Lipinski definition) is 2. The van der Waals surface area contributed by atoms with Gasteiger partial charge < -0.3 is 19.7 Å². The van der Waals surface area contributed by atoms with Crippen molar-refractivity contribution in [3.8, 4) is 11.5 Å². The van der Waals surface area contributed by atoms with Crippen LogP contribution in [0.25, 0.3) is 0 Å². The van der Waals surface area contributed by atoms with E-state index in [1.165, 1.54) is 19.2 Å². The summed E-state index contributed by atoms with van der Waals surface area (Å²) in [5, 5.41) is 19.5. The molecule has 0 spiro atoms. The van der Waals surface area contributed by atoms with Crippen LogP contribution in [0.1, 0.15) is 18.6 Å². The van der Waals surface area contributed by atoms with Gasteiger partial charge in [0, 0.05) is 5.56 Å². The monoisotopic (exact) mass is 304 g/mol. The third-order valence-corrected chi connectivity index (χ3v) is 2.71. The van der Waals surface area contributed by atoms with Crippen LogP contribution >= 0.6 is 15.9 Å². The van der Waals surface area contributed by atoms with Crippen molar-refractivity contribution in [2.24, 2.45) is 0 Å². The van der Waals surface area contributed by atoms with Crippen molar-refractivity contribution >= 4 is 21.9 Å². The summed E-state index contributed by atoms with van der Waals surface area (Å²) in [6.07, 6.45) is -1.54. The molecule has 94 valence electrons. The summed E-state index contributed by atoms with van der Waals surface area (Å²) in [5.41, 5.74) is 0.0367. The first-order valence-electron chi connectivity index (χ1n) is 4.92. The molecule has 0 aliphatic heterocycles. The fraction of sp³-hybridized carbons (Fsp3) is 0.364. The number of esters is 1. The third kappa shape index (κ3) is 3.10. The highest BCUT2D eigenvalue weighted by Gasteiger charge is 2.24. The summed E-state index contributed by atoms with van der Waals surface area (Å²) < 4.78 is 9.98. The summed E-state index contributed by atoms with van der Waals surface area (Å²) >= 11 is 3.10. The zero-order valence-electron chi connectivity index (χ0n) is 9.44. The number of halogens is 1. The van der Waals surface area contributed by atoms with Gasteiger partial charge >= 0.3 is 5.97 Å². The van der Waals surface area contributed by atoms with Gasteiger partial charge in [0.05, 0.1) is 18.2 Å². The van der Waals surface area contributed by atoms with Crippen molar-refractivity contribution < 1.29 is 24.5 Å². The molecule has 1 aromatic carbocycles. The van der Waals surface area contributed by atoms with E-state index in [0.29, 0.717) is 10.2 Å². The van der Waals surface area contributed by atoms with Crippen LogP contribution in [0.3, 0.4) is 0 Å². The number of phenolic OH excluding ortho intramolecular Hbond substituents is 1. The molecule has 0 aliphatic rings. The predicted octanol–water partition coefficient (Wildman–Crippen LogP) is 1.76. The number of aliphatic hydroxyl groups is 1. The minimum absolute atomic E-state index is 0.0367. The van der Waals surface area contributed by atoms with Crippen LogP contribution < -0.4 is 4.74 Å². The molecule has 0 saturated carbocycles. The zero-order chi connectivity index (χ0) is 13.0. The Kier molecular flexibility index (Phi) is 4.77. The Morgan fingerprint density at radius 3 is 2.71 bits per heavy atom. The number of phenols is 1. The zero-order valence-corrected chi connectivity index (χ0v) is 11.0. The van der Waals surface area contributed by atoms with Crippen molar-refractivity contribution in [3.63, 3.8) is 0 Å². The Bertz CT molecular complexity index is 419. The molecule has 1 atom stereocenters. The first-order chi connectivity index (χ1) is 8.01. The van der Waals surface area contributed by atoms with Gasteiger partial charge in [-0.2, -0.15) is 0 Å². The minimum Gasteiger partial charge on any atom is -0.506 e. The number of carbonyl (C=O) groups is 1. The number of methoxy groups -OCH3 is 1. The summed E-state index contributed by atoms with van der Waals surface area (Å²) in [7, 11) is 1.44. The number of ether oxygens (including phenoxy) is 2. The average Bonchev–Trinajstić information content (AvgIpc) is 2.31. The predicted molar refractivity (Wildman–Crippen MR) is 64.0 cm³/mol. The van der Waals surface area contributed by atoms with E-state index in [4.69, 9.17) is 4.74 Å². The number of benzene rings is 1. The molecule has 1 aromatic rings. The SMILES string of the molecule is CCOC(=O)C(O)c1cc(OC)cc(Br)c1O. The van der Waals surface area contributed by atoms with Crippen molar-refractivity contribution in [2.45, 2.75) is 13.0 Å². The molecule has 0 aromatic heterocycles. The van der Waals surface area contributed by atoms with E-state index in [2.05, 4.69) is 20.7 Å². The molecule has 0 radical (unpaired) electrons. The van der Waals surface area contributed by atoms with Crippen molar-refractivity contribution in [1.29, 1.82) is 0 Å². The van der Waals surface area contributed by atoms with E-state index in [0.717, 1.165) is 0 Å². The van der Waals surface area contributed by atoms with Gasteiger partial charge in [0.25, 0.3) is 0 Å². The first kappa shape index (κ1) is 13.8. The summed E-state index contributed by atoms with van der Waals surface area (Å²) in [5.74, 6) is -0.623. The van der Waals surface area contributed by atoms with E-state index < -0.39 is 12.1 Å². The van der Waals surface area contributed by atoms with Gasteiger partial charge in [0.2, 0.25) is 0 Å². The van der Waals surface area contributed by atoms with E-state index in [9.17, 15) is 15.0 Å². The molecular formula is C11H13BrO5. The van der Waals surface area contributed by atoms with Crippen molar-refractivity contribution in [1.82, 2.24) is 0 Å². The second-order valence-electron chi connectivity index (χ2n) is 3.20. The van der Waals surface area contributed by atoms with Crippen LogP contribution in [0.2, 0.25) is 0 Å². The van der Waals surface area contributed by atoms with E-state index in [1.807, 2.05) is 0 Å². The maximum absolute atomic E-state index is 11.4. The molecule has 0 bridgehead atoms. The average molecular weight is 305 g/mol. The Morgan fingerprint density at radius 2 is 2.18 bits per heavy atom. The van der Waals surface area contributed by atoms with Gasteiger partial charge in [0.15, 0.2) is 6.10 Å². The molecule has 6 heteroatoms. The quantitative estimate of drug-likeness (QED) is 0.829. The lowest BCUT2D eigenvalue weighted by atomic mass is 10.1. The van der Waals surface area contributed by atoms with E-state index in [-0.39, 0.29) is 17.9 Å². The fourth-order valence-corrected chi connectivity index (χ4v) is 1.72. The highest BCUT2D eigenvalue weighted by atomic mass is 79.9. The Labute approximate surface area is 107 Å². The van der Waals surface area contributed by atoms with E-state index in [1.54, 1.807) is 6.92 Å². The second kappa shape index (κ2) is 5.88. The normalized spacial score (nSPS) is 12.0. The molecule has 0 aliphatic carbocycles. The van der Waals surface area contributed by atoms with Crippen LogP contribution in [-0.4, -0.2) is 29.9 Å². The van der Waals surface area contributed by atoms with Crippen LogP contribution in [0, 0.1) is 0 Å². The molecule has 0 heterocycles. The van der Waals surface area contributed by atoms with Crippen LogP contribution in [0.4, 0.5) is 0 Å².